The Morgan fingerprint density at radius 3 is 2.10 bits per heavy atom. The molecule has 4 nitrogen and oxygen atoms in total. The molecule has 0 spiro atoms. The molecule has 1 saturated heterocycles. The fourth-order valence-corrected chi connectivity index (χ4v) is 3.27. The highest BCUT2D eigenvalue weighted by Crippen LogP contribution is 2.31. The summed E-state index contributed by atoms with van der Waals surface area (Å²) in [4.78, 5) is 16.1. The van der Waals surface area contributed by atoms with Crippen molar-refractivity contribution in [3.8, 4) is 0 Å². The second kappa shape index (κ2) is 6.80. The number of benzene rings is 2. The van der Waals surface area contributed by atoms with Crippen molar-refractivity contribution in [2.24, 2.45) is 4.99 Å². The monoisotopic (exact) mass is 316 g/mol. The van der Waals surface area contributed by atoms with Gasteiger partial charge in [-0.25, -0.2) is 5.48 Å². The van der Waals surface area contributed by atoms with Gasteiger partial charge >= 0.3 is 5.24 Å². The molecular weight excluding hydrogens is 304 g/mol. The summed E-state index contributed by atoms with van der Waals surface area (Å²) in [6.07, 6.45) is 0. The minimum Gasteiger partial charge on any atom is -0.259 e. The van der Waals surface area contributed by atoms with Gasteiger partial charge in [-0.2, -0.15) is 4.28 Å². The van der Waals surface area contributed by atoms with Crippen LogP contribution in [0.15, 0.2) is 65.7 Å². The van der Waals surface area contributed by atoms with Crippen LogP contribution in [-0.4, -0.2) is 15.7 Å². The van der Waals surface area contributed by atoms with E-state index in [1.807, 2.05) is 60.7 Å². The number of carbonyl (C=O) groups excluding carboxylic acids is 1. The highest BCUT2D eigenvalue weighted by molar-refractivity contribution is 8.24. The maximum Gasteiger partial charge on any atom is 0.306 e. The molecule has 0 radical (unpaired) electrons. The lowest BCUT2D eigenvalue weighted by atomic mass is 10.0. The number of hydrogen-bond acceptors (Lipinski definition) is 5. The van der Waals surface area contributed by atoms with E-state index >= 15 is 0 Å². The van der Waals surface area contributed by atoms with Gasteiger partial charge in [-0.05, 0) is 11.8 Å². The molecule has 3 rings (SSSR count). The fourth-order valence-electron chi connectivity index (χ4n) is 1.90. The van der Waals surface area contributed by atoms with Gasteiger partial charge in [0.05, 0.1) is 17.8 Å². The summed E-state index contributed by atoms with van der Waals surface area (Å²) in [5.41, 5.74) is 5.15. The van der Waals surface area contributed by atoms with E-state index in [1.54, 1.807) is 0 Å². The van der Waals surface area contributed by atoms with Crippen LogP contribution in [0, 0.1) is 0 Å². The van der Waals surface area contributed by atoms with Crippen LogP contribution in [0.1, 0.15) is 11.1 Å². The molecule has 0 bridgehead atoms. The van der Waals surface area contributed by atoms with E-state index in [2.05, 4.69) is 10.5 Å². The minimum atomic E-state index is -0.325. The third-order valence-electron chi connectivity index (χ3n) is 2.79. The number of amides is 1. The molecule has 6 heteroatoms. The van der Waals surface area contributed by atoms with E-state index in [-0.39, 0.29) is 9.95 Å². The highest BCUT2D eigenvalue weighted by Gasteiger charge is 2.22. The molecule has 21 heavy (non-hydrogen) atoms. The molecule has 2 aromatic carbocycles. The molecule has 0 aliphatic carbocycles. The molecule has 1 unspecified atom stereocenters. The SMILES string of the molecule is O=C1NOSC(N=C(c2ccccc2)c2ccccc2)S1. The van der Waals surface area contributed by atoms with Crippen molar-refractivity contribution in [3.63, 3.8) is 0 Å². The van der Waals surface area contributed by atoms with Crippen molar-refractivity contribution in [1.29, 1.82) is 0 Å². The zero-order chi connectivity index (χ0) is 14.5. The third-order valence-corrected chi connectivity index (χ3v) is 4.37. The molecule has 2 aromatic rings. The van der Waals surface area contributed by atoms with Crippen LogP contribution in [0.4, 0.5) is 4.79 Å². The molecule has 106 valence electrons. The molecular formula is C15H12N2O2S2. The smallest absolute Gasteiger partial charge is 0.259 e. The molecule has 1 fully saturated rings. The molecule has 1 aliphatic heterocycles. The van der Waals surface area contributed by atoms with E-state index in [4.69, 9.17) is 4.28 Å². The normalized spacial score (nSPS) is 17.9. The summed E-state index contributed by atoms with van der Waals surface area (Å²) in [6.45, 7) is 0. The number of thioether (sulfide) groups is 1. The van der Waals surface area contributed by atoms with Gasteiger partial charge < -0.3 is 0 Å². The second-order valence-corrected chi connectivity index (χ2v) is 6.36. The summed E-state index contributed by atoms with van der Waals surface area (Å²) in [5.74, 6) is 0. The van der Waals surface area contributed by atoms with Gasteiger partial charge in [-0.15, -0.1) is 0 Å². The quantitative estimate of drug-likeness (QED) is 0.690. The van der Waals surface area contributed by atoms with Crippen LogP contribution in [-0.2, 0) is 4.28 Å². The van der Waals surface area contributed by atoms with Gasteiger partial charge in [-0.3, -0.25) is 9.79 Å². The minimum absolute atomic E-state index is 0.233. The first kappa shape index (κ1) is 14.2. The van der Waals surface area contributed by atoms with Gasteiger partial charge in [0.2, 0.25) is 0 Å². The van der Waals surface area contributed by atoms with Gasteiger partial charge in [0.25, 0.3) is 0 Å². The van der Waals surface area contributed by atoms with Crippen molar-refractivity contribution >= 4 is 34.8 Å². The molecule has 0 saturated carbocycles. The number of nitrogens with zero attached hydrogens (tertiary/aromatic N) is 1. The van der Waals surface area contributed by atoms with E-state index in [0.717, 1.165) is 40.6 Å². The van der Waals surface area contributed by atoms with Gasteiger partial charge in [0.1, 0.15) is 0 Å². The summed E-state index contributed by atoms with van der Waals surface area (Å²) in [6, 6.07) is 19.8. The molecule has 1 aliphatic rings. The Hall–Kier alpha value is -1.76. The first-order valence-electron chi connectivity index (χ1n) is 6.30. The average molecular weight is 316 g/mol. The van der Waals surface area contributed by atoms with Gasteiger partial charge in [0, 0.05) is 11.1 Å². The predicted octanol–water partition coefficient (Wildman–Crippen LogP) is 3.84. The molecule has 1 atom stereocenters. The maximum absolute atomic E-state index is 11.4. The van der Waals surface area contributed by atoms with E-state index < -0.39 is 0 Å². The van der Waals surface area contributed by atoms with Crippen molar-refractivity contribution in [1.82, 2.24) is 5.48 Å². The number of hydroxylamine groups is 1. The number of rotatable bonds is 3. The molecule has 1 N–H and O–H groups in total. The predicted molar refractivity (Wildman–Crippen MR) is 87.1 cm³/mol. The van der Waals surface area contributed by atoms with Crippen molar-refractivity contribution < 1.29 is 9.08 Å². The van der Waals surface area contributed by atoms with Gasteiger partial charge in [0.15, 0.2) is 4.71 Å². The van der Waals surface area contributed by atoms with E-state index in [0.29, 0.717) is 0 Å². The van der Waals surface area contributed by atoms with Crippen LogP contribution >= 0.6 is 23.8 Å². The Labute approximate surface area is 131 Å². The van der Waals surface area contributed by atoms with Crippen molar-refractivity contribution in [2.75, 3.05) is 0 Å². The third kappa shape index (κ3) is 3.66. The lowest BCUT2D eigenvalue weighted by Gasteiger charge is -2.17. The van der Waals surface area contributed by atoms with Crippen LogP contribution in [0.25, 0.3) is 0 Å². The average Bonchev–Trinajstić information content (AvgIpc) is 2.54. The Balaban J connectivity index is 1.98. The van der Waals surface area contributed by atoms with Crippen LogP contribution in [0.5, 0.6) is 0 Å². The number of hydrogen-bond donors (Lipinski definition) is 1. The Morgan fingerprint density at radius 1 is 1.00 bits per heavy atom. The van der Waals surface area contributed by atoms with E-state index in [9.17, 15) is 4.79 Å². The highest BCUT2D eigenvalue weighted by atomic mass is 32.2. The molecule has 1 heterocycles. The maximum atomic E-state index is 11.4. The Bertz CT molecular complexity index is 606. The van der Waals surface area contributed by atoms with E-state index in [1.165, 1.54) is 0 Å². The zero-order valence-corrected chi connectivity index (χ0v) is 12.6. The number of nitrogens with one attached hydrogen (secondary N) is 1. The standard InChI is InChI=1S/C15H12N2O2S2/c18-14-17-19-21-15(20-14)16-13(11-7-3-1-4-8-11)12-9-5-2-6-10-12/h1-10,15H,(H,17,18). The van der Waals surface area contributed by atoms with Crippen molar-refractivity contribution in [2.45, 2.75) is 4.71 Å². The van der Waals surface area contributed by atoms with Crippen molar-refractivity contribution in [3.05, 3.63) is 71.8 Å². The fraction of sp³-hybridized carbons (Fsp3) is 0.0667. The summed E-state index contributed by atoms with van der Waals surface area (Å²) < 4.78 is 4.63. The Kier molecular flexibility index (Phi) is 4.59. The molecule has 1 amide bonds. The first-order valence-corrected chi connectivity index (χ1v) is 7.99. The topological polar surface area (TPSA) is 50.7 Å². The molecule has 0 aromatic heterocycles. The second-order valence-electron chi connectivity index (χ2n) is 4.20. The van der Waals surface area contributed by atoms with Crippen LogP contribution in [0.2, 0.25) is 0 Å². The number of aliphatic imine (C=N–C) groups is 1. The lowest BCUT2D eigenvalue weighted by Crippen LogP contribution is -2.24. The van der Waals surface area contributed by atoms with Crippen LogP contribution in [0.3, 0.4) is 0 Å². The Morgan fingerprint density at radius 2 is 1.57 bits per heavy atom. The zero-order valence-electron chi connectivity index (χ0n) is 10.9. The lowest BCUT2D eigenvalue weighted by molar-refractivity contribution is 0.215. The first-order chi connectivity index (χ1) is 10.3. The summed E-state index contributed by atoms with van der Waals surface area (Å²) in [5, 5.41) is -0.233. The number of carbonyl (C=O) groups is 1. The van der Waals surface area contributed by atoms with Crippen LogP contribution < -0.4 is 5.48 Å². The van der Waals surface area contributed by atoms with Gasteiger partial charge in [-0.1, -0.05) is 60.7 Å². The summed E-state index contributed by atoms with van der Waals surface area (Å²) in [7, 11) is 0. The largest absolute Gasteiger partial charge is 0.306 e. The summed E-state index contributed by atoms with van der Waals surface area (Å²) >= 11 is 2.23.